The molecule has 2 N–H and O–H groups in total. The molecule has 0 saturated carbocycles. The predicted octanol–water partition coefficient (Wildman–Crippen LogP) is 4.59. The molecule has 3 aromatic rings. The van der Waals surface area contributed by atoms with Crippen LogP contribution in [-0.2, 0) is 11.2 Å². The van der Waals surface area contributed by atoms with Crippen LogP contribution in [-0.4, -0.2) is 25.5 Å². The number of thiophene rings is 1. The lowest BCUT2D eigenvalue weighted by molar-refractivity contribution is -0.117. The van der Waals surface area contributed by atoms with Crippen molar-refractivity contribution in [3.05, 3.63) is 93.3 Å². The molecular formula is C25H26N2O3S. The summed E-state index contributed by atoms with van der Waals surface area (Å²) in [6.45, 7) is 2.43. The molecule has 0 fully saturated rings. The van der Waals surface area contributed by atoms with Gasteiger partial charge in [-0.1, -0.05) is 35.9 Å². The Bertz CT molecular complexity index is 1040. The van der Waals surface area contributed by atoms with Gasteiger partial charge in [-0.15, -0.1) is 11.3 Å². The van der Waals surface area contributed by atoms with Gasteiger partial charge in [0.1, 0.15) is 11.4 Å². The molecule has 0 bridgehead atoms. The topological polar surface area (TPSA) is 67.4 Å². The minimum absolute atomic E-state index is 0.235. The fourth-order valence-corrected chi connectivity index (χ4v) is 3.69. The summed E-state index contributed by atoms with van der Waals surface area (Å²) in [5.41, 5.74) is 2.92. The molecule has 160 valence electrons. The third-order valence-corrected chi connectivity index (χ3v) is 5.51. The maximum absolute atomic E-state index is 12.8. The van der Waals surface area contributed by atoms with Gasteiger partial charge in [-0.25, -0.2) is 0 Å². The predicted molar refractivity (Wildman–Crippen MR) is 125 cm³/mol. The van der Waals surface area contributed by atoms with Crippen LogP contribution in [0, 0.1) is 6.92 Å². The zero-order chi connectivity index (χ0) is 22.1. The number of carbonyl (C=O) groups excluding carboxylic acids is 2. The Balaban J connectivity index is 1.60. The van der Waals surface area contributed by atoms with E-state index < -0.39 is 0 Å². The Hall–Kier alpha value is -3.38. The zero-order valence-corrected chi connectivity index (χ0v) is 18.5. The number of hydrogen-bond acceptors (Lipinski definition) is 4. The van der Waals surface area contributed by atoms with Crippen LogP contribution in [0.3, 0.4) is 0 Å². The molecule has 0 spiro atoms. The Labute approximate surface area is 186 Å². The SMILES string of the molecule is COc1ccc(CCCNC(=O)/C(=C/c2cccs2)NC(=O)c2cccc(C)c2)cc1. The van der Waals surface area contributed by atoms with Crippen molar-refractivity contribution in [2.75, 3.05) is 13.7 Å². The minimum atomic E-state index is -0.306. The third-order valence-electron chi connectivity index (χ3n) is 4.69. The van der Waals surface area contributed by atoms with Crippen LogP contribution in [0.2, 0.25) is 0 Å². The number of benzene rings is 2. The second kappa shape index (κ2) is 11.1. The summed E-state index contributed by atoms with van der Waals surface area (Å²) in [7, 11) is 1.64. The first-order valence-corrected chi connectivity index (χ1v) is 11.0. The molecule has 0 radical (unpaired) electrons. The van der Waals surface area contributed by atoms with E-state index >= 15 is 0 Å². The largest absolute Gasteiger partial charge is 0.497 e. The van der Waals surface area contributed by atoms with Crippen LogP contribution in [0.1, 0.15) is 32.8 Å². The van der Waals surface area contributed by atoms with Crippen molar-refractivity contribution in [1.29, 1.82) is 0 Å². The zero-order valence-electron chi connectivity index (χ0n) is 17.7. The highest BCUT2D eigenvalue weighted by Crippen LogP contribution is 2.14. The van der Waals surface area contributed by atoms with Gasteiger partial charge >= 0.3 is 0 Å². The Morgan fingerprint density at radius 1 is 1.06 bits per heavy atom. The second-order valence-corrected chi connectivity index (χ2v) is 8.08. The van der Waals surface area contributed by atoms with Gasteiger partial charge in [0.2, 0.25) is 0 Å². The summed E-state index contributed by atoms with van der Waals surface area (Å²) in [5, 5.41) is 7.62. The molecular weight excluding hydrogens is 408 g/mol. The van der Waals surface area contributed by atoms with E-state index in [1.54, 1.807) is 25.3 Å². The highest BCUT2D eigenvalue weighted by molar-refractivity contribution is 7.10. The molecule has 0 aliphatic heterocycles. The van der Waals surface area contributed by atoms with E-state index in [-0.39, 0.29) is 17.5 Å². The molecule has 6 heteroatoms. The number of carbonyl (C=O) groups is 2. The van der Waals surface area contributed by atoms with Gasteiger partial charge < -0.3 is 15.4 Å². The van der Waals surface area contributed by atoms with E-state index in [2.05, 4.69) is 10.6 Å². The summed E-state index contributed by atoms with van der Waals surface area (Å²) in [6, 6.07) is 19.0. The average Bonchev–Trinajstić information content (AvgIpc) is 3.29. The Morgan fingerprint density at radius 2 is 1.87 bits per heavy atom. The number of amides is 2. The molecule has 1 heterocycles. The fourth-order valence-electron chi connectivity index (χ4n) is 3.04. The Morgan fingerprint density at radius 3 is 2.55 bits per heavy atom. The van der Waals surface area contributed by atoms with E-state index in [0.29, 0.717) is 12.1 Å². The molecule has 31 heavy (non-hydrogen) atoms. The lowest BCUT2D eigenvalue weighted by Crippen LogP contribution is -2.35. The van der Waals surface area contributed by atoms with Crippen molar-refractivity contribution in [2.24, 2.45) is 0 Å². The first-order valence-electron chi connectivity index (χ1n) is 10.1. The van der Waals surface area contributed by atoms with Gasteiger partial charge in [-0.2, -0.15) is 0 Å². The maximum atomic E-state index is 12.8. The van der Waals surface area contributed by atoms with E-state index in [1.807, 2.05) is 60.8 Å². The van der Waals surface area contributed by atoms with Crippen LogP contribution in [0.25, 0.3) is 6.08 Å². The molecule has 2 aromatic carbocycles. The number of methoxy groups -OCH3 is 1. The molecule has 0 atom stereocenters. The van der Waals surface area contributed by atoms with Gasteiger partial charge in [-0.05, 0) is 67.1 Å². The van der Waals surface area contributed by atoms with Crippen molar-refractivity contribution < 1.29 is 14.3 Å². The molecule has 3 rings (SSSR count). The number of nitrogens with one attached hydrogen (secondary N) is 2. The van der Waals surface area contributed by atoms with Gasteiger partial charge in [0.25, 0.3) is 11.8 Å². The molecule has 1 aromatic heterocycles. The van der Waals surface area contributed by atoms with E-state index in [1.165, 1.54) is 16.9 Å². The summed E-state index contributed by atoms with van der Waals surface area (Å²) >= 11 is 1.50. The lowest BCUT2D eigenvalue weighted by Gasteiger charge is -2.11. The van der Waals surface area contributed by atoms with Gasteiger partial charge in [0, 0.05) is 17.0 Å². The van der Waals surface area contributed by atoms with Crippen molar-refractivity contribution in [3.8, 4) is 5.75 Å². The van der Waals surface area contributed by atoms with Gasteiger partial charge in [-0.3, -0.25) is 9.59 Å². The fraction of sp³-hybridized carbons (Fsp3) is 0.200. The van der Waals surface area contributed by atoms with E-state index in [0.717, 1.165) is 29.0 Å². The molecule has 2 amide bonds. The number of rotatable bonds is 9. The van der Waals surface area contributed by atoms with Crippen molar-refractivity contribution >= 4 is 29.2 Å². The standard InChI is InChI=1S/C25H26N2O3S/c1-18-6-3-8-20(16-18)24(28)27-23(17-22-9-5-15-31-22)25(29)26-14-4-7-19-10-12-21(30-2)13-11-19/h3,5-6,8-13,15-17H,4,7,14H2,1-2H3,(H,26,29)(H,27,28)/b23-17-. The normalized spacial score (nSPS) is 11.1. The quantitative estimate of drug-likeness (QED) is 0.382. The number of hydrogen-bond donors (Lipinski definition) is 2. The van der Waals surface area contributed by atoms with Crippen LogP contribution >= 0.6 is 11.3 Å². The van der Waals surface area contributed by atoms with Crippen LogP contribution in [0.15, 0.2) is 71.7 Å². The minimum Gasteiger partial charge on any atom is -0.497 e. The van der Waals surface area contributed by atoms with Gasteiger partial charge in [0.15, 0.2) is 0 Å². The average molecular weight is 435 g/mol. The lowest BCUT2D eigenvalue weighted by atomic mass is 10.1. The molecule has 0 aliphatic carbocycles. The summed E-state index contributed by atoms with van der Waals surface area (Å²) in [5.74, 6) is 0.216. The highest BCUT2D eigenvalue weighted by Gasteiger charge is 2.15. The van der Waals surface area contributed by atoms with Crippen molar-refractivity contribution in [3.63, 3.8) is 0 Å². The third kappa shape index (κ3) is 6.83. The van der Waals surface area contributed by atoms with Crippen LogP contribution < -0.4 is 15.4 Å². The van der Waals surface area contributed by atoms with Crippen LogP contribution in [0.5, 0.6) is 5.75 Å². The summed E-state index contributed by atoms with van der Waals surface area (Å²) in [6.07, 6.45) is 3.33. The summed E-state index contributed by atoms with van der Waals surface area (Å²) < 4.78 is 5.17. The maximum Gasteiger partial charge on any atom is 0.267 e. The second-order valence-electron chi connectivity index (χ2n) is 7.10. The first kappa shape index (κ1) is 22.3. The molecule has 0 aliphatic rings. The number of ether oxygens (including phenoxy) is 1. The highest BCUT2D eigenvalue weighted by atomic mass is 32.1. The summed E-state index contributed by atoms with van der Waals surface area (Å²) in [4.78, 5) is 26.4. The Kier molecular flexibility index (Phi) is 8.01. The molecule has 5 nitrogen and oxygen atoms in total. The van der Waals surface area contributed by atoms with Crippen LogP contribution in [0.4, 0.5) is 0 Å². The molecule has 0 saturated heterocycles. The number of aryl methyl sites for hydroxylation is 2. The monoisotopic (exact) mass is 434 g/mol. The van der Waals surface area contributed by atoms with Crippen molar-refractivity contribution in [1.82, 2.24) is 10.6 Å². The smallest absolute Gasteiger partial charge is 0.267 e. The molecule has 0 unspecified atom stereocenters. The van der Waals surface area contributed by atoms with Gasteiger partial charge in [0.05, 0.1) is 7.11 Å². The first-order chi connectivity index (χ1) is 15.0. The van der Waals surface area contributed by atoms with E-state index in [9.17, 15) is 9.59 Å². The van der Waals surface area contributed by atoms with Crippen molar-refractivity contribution in [2.45, 2.75) is 19.8 Å². The van der Waals surface area contributed by atoms with E-state index in [4.69, 9.17) is 4.74 Å².